The Labute approximate surface area is 143 Å². The zero-order valence-corrected chi connectivity index (χ0v) is 14.8. The summed E-state index contributed by atoms with van der Waals surface area (Å²) in [5.74, 6) is 0.325. The Balaban J connectivity index is 1.76. The van der Waals surface area contributed by atoms with Gasteiger partial charge in [-0.2, -0.15) is 0 Å². The molecule has 2 heterocycles. The molecule has 0 bridgehead atoms. The second kappa shape index (κ2) is 8.25. The maximum Gasteiger partial charge on any atom is 0.0844 e. The third kappa shape index (κ3) is 4.13. The van der Waals surface area contributed by atoms with Crippen molar-refractivity contribution in [1.82, 2.24) is 10.2 Å². The predicted molar refractivity (Wildman–Crippen MR) is 99.1 cm³/mol. The summed E-state index contributed by atoms with van der Waals surface area (Å²) < 4.78 is 1.28. The number of nitrogens with zero attached hydrogens (tertiary/aromatic N) is 1. The van der Waals surface area contributed by atoms with Gasteiger partial charge in [0, 0.05) is 43.3 Å². The van der Waals surface area contributed by atoms with Gasteiger partial charge < -0.3 is 15.3 Å². The SMILES string of the molecule is CCCCC(CN1CCNCC1)C(O)c1csc2ccccc12. The number of aliphatic hydroxyl groups excluding tert-OH is 1. The maximum atomic E-state index is 11.1. The van der Waals surface area contributed by atoms with Crippen LogP contribution in [0.5, 0.6) is 0 Å². The standard InChI is InChI=1S/C19H28N2OS/c1-2-3-6-15(13-21-11-9-20-10-12-21)19(22)17-14-23-18-8-5-4-7-16(17)18/h4-5,7-8,14-15,19-20,22H,2-3,6,9-13H2,1H3. The van der Waals surface area contributed by atoms with Gasteiger partial charge in [0.05, 0.1) is 6.10 Å². The van der Waals surface area contributed by atoms with E-state index >= 15 is 0 Å². The van der Waals surface area contributed by atoms with E-state index in [0.29, 0.717) is 5.92 Å². The van der Waals surface area contributed by atoms with Gasteiger partial charge in [-0.25, -0.2) is 0 Å². The zero-order valence-electron chi connectivity index (χ0n) is 14.0. The third-order valence-corrected chi connectivity index (χ3v) is 5.89. The molecule has 0 amide bonds. The lowest BCUT2D eigenvalue weighted by Gasteiger charge is -2.33. The third-order valence-electron chi connectivity index (χ3n) is 4.91. The Kier molecular flexibility index (Phi) is 6.06. The summed E-state index contributed by atoms with van der Waals surface area (Å²) >= 11 is 1.75. The number of rotatable bonds is 7. The van der Waals surface area contributed by atoms with Crippen LogP contribution in [0.2, 0.25) is 0 Å². The second-order valence-corrected chi connectivity index (χ2v) is 7.50. The molecule has 2 N–H and O–H groups in total. The van der Waals surface area contributed by atoms with Crippen LogP contribution in [0.15, 0.2) is 29.6 Å². The van der Waals surface area contributed by atoms with Crippen LogP contribution >= 0.6 is 11.3 Å². The highest BCUT2D eigenvalue weighted by Crippen LogP contribution is 2.35. The molecule has 2 unspecified atom stereocenters. The van der Waals surface area contributed by atoms with Crippen molar-refractivity contribution in [2.75, 3.05) is 32.7 Å². The molecule has 23 heavy (non-hydrogen) atoms. The average Bonchev–Trinajstić information content (AvgIpc) is 3.03. The Hall–Kier alpha value is -0.940. The molecule has 1 aliphatic rings. The van der Waals surface area contributed by atoms with Crippen LogP contribution in [0.1, 0.15) is 37.9 Å². The lowest BCUT2D eigenvalue weighted by molar-refractivity contribution is 0.0699. The number of piperazine rings is 1. The fraction of sp³-hybridized carbons (Fsp3) is 0.579. The number of benzene rings is 1. The van der Waals surface area contributed by atoms with Gasteiger partial charge in [-0.15, -0.1) is 11.3 Å². The summed E-state index contributed by atoms with van der Waals surface area (Å²) in [5, 5.41) is 17.9. The van der Waals surface area contributed by atoms with E-state index < -0.39 is 0 Å². The molecule has 1 aromatic carbocycles. The minimum Gasteiger partial charge on any atom is -0.388 e. The predicted octanol–water partition coefficient (Wildman–Crippen LogP) is 3.65. The van der Waals surface area contributed by atoms with Crippen LogP contribution in [0.4, 0.5) is 0 Å². The van der Waals surface area contributed by atoms with Crippen molar-refractivity contribution in [3.63, 3.8) is 0 Å². The molecule has 1 aromatic heterocycles. The van der Waals surface area contributed by atoms with E-state index in [4.69, 9.17) is 0 Å². The molecular weight excluding hydrogens is 304 g/mol. The van der Waals surface area contributed by atoms with Crippen LogP contribution in [-0.4, -0.2) is 42.7 Å². The number of unbranched alkanes of at least 4 members (excludes halogenated alkanes) is 1. The highest BCUT2D eigenvalue weighted by atomic mass is 32.1. The molecule has 0 saturated carbocycles. The smallest absolute Gasteiger partial charge is 0.0844 e. The first-order valence-electron chi connectivity index (χ1n) is 8.87. The van der Waals surface area contributed by atoms with Crippen molar-refractivity contribution in [2.24, 2.45) is 5.92 Å². The van der Waals surface area contributed by atoms with Gasteiger partial charge in [0.1, 0.15) is 0 Å². The molecule has 126 valence electrons. The highest BCUT2D eigenvalue weighted by molar-refractivity contribution is 7.17. The Morgan fingerprint density at radius 3 is 2.83 bits per heavy atom. The molecule has 3 rings (SSSR count). The second-order valence-electron chi connectivity index (χ2n) is 6.58. The molecular formula is C19H28N2OS. The molecule has 1 saturated heterocycles. The number of nitrogens with one attached hydrogen (secondary N) is 1. The first kappa shape index (κ1) is 16.9. The van der Waals surface area contributed by atoms with Gasteiger partial charge in [0.2, 0.25) is 0 Å². The van der Waals surface area contributed by atoms with Crippen molar-refractivity contribution < 1.29 is 5.11 Å². The summed E-state index contributed by atoms with van der Waals surface area (Å²) in [6.07, 6.45) is 3.13. The largest absolute Gasteiger partial charge is 0.388 e. The molecule has 2 aromatic rings. The van der Waals surface area contributed by atoms with Gasteiger partial charge in [0.25, 0.3) is 0 Å². The first-order valence-corrected chi connectivity index (χ1v) is 9.75. The lowest BCUT2D eigenvalue weighted by Crippen LogP contribution is -2.46. The molecule has 0 spiro atoms. The number of thiophene rings is 1. The van der Waals surface area contributed by atoms with Gasteiger partial charge >= 0.3 is 0 Å². The summed E-state index contributed by atoms with van der Waals surface area (Å²) in [6, 6.07) is 8.44. The minimum atomic E-state index is -0.354. The fourth-order valence-corrected chi connectivity index (χ4v) is 4.51. The van der Waals surface area contributed by atoms with Crippen molar-refractivity contribution in [2.45, 2.75) is 32.3 Å². The van der Waals surface area contributed by atoms with E-state index in [1.54, 1.807) is 11.3 Å². The first-order chi connectivity index (χ1) is 11.3. The molecule has 0 radical (unpaired) electrons. The van der Waals surface area contributed by atoms with E-state index in [1.807, 2.05) is 0 Å². The molecule has 1 fully saturated rings. The summed E-state index contributed by atoms with van der Waals surface area (Å²) in [6.45, 7) is 7.57. The number of hydrogen-bond acceptors (Lipinski definition) is 4. The van der Waals surface area contributed by atoms with Crippen LogP contribution in [0.3, 0.4) is 0 Å². The van der Waals surface area contributed by atoms with Crippen LogP contribution in [0.25, 0.3) is 10.1 Å². The molecule has 0 aliphatic carbocycles. The lowest BCUT2D eigenvalue weighted by atomic mass is 9.90. The van der Waals surface area contributed by atoms with Gasteiger partial charge in [-0.1, -0.05) is 38.0 Å². The monoisotopic (exact) mass is 332 g/mol. The van der Waals surface area contributed by atoms with Crippen molar-refractivity contribution in [3.8, 4) is 0 Å². The number of hydrogen-bond donors (Lipinski definition) is 2. The van der Waals surface area contributed by atoms with Crippen LogP contribution in [-0.2, 0) is 0 Å². The summed E-state index contributed by atoms with van der Waals surface area (Å²) in [4.78, 5) is 2.51. The van der Waals surface area contributed by atoms with E-state index in [9.17, 15) is 5.11 Å². The highest BCUT2D eigenvalue weighted by Gasteiger charge is 2.25. The zero-order chi connectivity index (χ0) is 16.1. The van der Waals surface area contributed by atoms with E-state index in [1.165, 1.54) is 22.9 Å². The van der Waals surface area contributed by atoms with Gasteiger partial charge in [-0.3, -0.25) is 0 Å². The van der Waals surface area contributed by atoms with E-state index in [-0.39, 0.29) is 6.10 Å². The summed E-state index contributed by atoms with van der Waals surface area (Å²) in [7, 11) is 0. The molecule has 4 heteroatoms. The van der Waals surface area contributed by atoms with Crippen molar-refractivity contribution >= 4 is 21.4 Å². The van der Waals surface area contributed by atoms with Crippen molar-refractivity contribution in [3.05, 3.63) is 35.2 Å². The molecule has 2 atom stereocenters. The Bertz CT molecular complexity index is 606. The fourth-order valence-electron chi connectivity index (χ4n) is 3.52. The molecule has 1 aliphatic heterocycles. The quantitative estimate of drug-likeness (QED) is 0.812. The van der Waals surface area contributed by atoms with E-state index in [0.717, 1.165) is 44.7 Å². The number of aliphatic hydroxyl groups is 1. The number of fused-ring (bicyclic) bond motifs is 1. The molecule has 3 nitrogen and oxygen atoms in total. The minimum absolute atomic E-state index is 0.325. The normalized spacial score (nSPS) is 19.0. The Morgan fingerprint density at radius 1 is 1.26 bits per heavy atom. The van der Waals surface area contributed by atoms with Crippen LogP contribution < -0.4 is 5.32 Å². The average molecular weight is 333 g/mol. The summed E-state index contributed by atoms with van der Waals surface area (Å²) in [5.41, 5.74) is 1.13. The van der Waals surface area contributed by atoms with Crippen molar-refractivity contribution in [1.29, 1.82) is 0 Å². The van der Waals surface area contributed by atoms with Gasteiger partial charge in [0.15, 0.2) is 0 Å². The van der Waals surface area contributed by atoms with E-state index in [2.05, 4.69) is 46.8 Å². The topological polar surface area (TPSA) is 35.5 Å². The Morgan fingerprint density at radius 2 is 2.04 bits per heavy atom. The van der Waals surface area contributed by atoms with Gasteiger partial charge in [-0.05, 0) is 28.8 Å². The maximum absolute atomic E-state index is 11.1. The van der Waals surface area contributed by atoms with Crippen LogP contribution in [0, 0.1) is 5.92 Å².